The van der Waals surface area contributed by atoms with Crippen molar-refractivity contribution in [3.8, 4) is 5.75 Å². The summed E-state index contributed by atoms with van der Waals surface area (Å²) >= 11 is 1.40. The number of aromatic nitrogens is 1. The third-order valence-corrected chi connectivity index (χ3v) is 2.79. The van der Waals surface area contributed by atoms with Crippen LogP contribution >= 0.6 is 11.3 Å². The number of benzene rings is 1. The SMILES string of the molecule is O=C(O)c1ccc(OCc2cncs2)c(F)c1. The fraction of sp³-hybridized carbons (Fsp3) is 0.0909. The zero-order valence-electron chi connectivity index (χ0n) is 8.59. The summed E-state index contributed by atoms with van der Waals surface area (Å²) in [5.41, 5.74) is 1.55. The molecule has 4 nitrogen and oxygen atoms in total. The van der Waals surface area contributed by atoms with E-state index in [-0.39, 0.29) is 17.9 Å². The van der Waals surface area contributed by atoms with E-state index >= 15 is 0 Å². The van der Waals surface area contributed by atoms with E-state index in [9.17, 15) is 9.18 Å². The highest BCUT2D eigenvalue weighted by atomic mass is 32.1. The number of ether oxygens (including phenoxy) is 1. The van der Waals surface area contributed by atoms with E-state index in [4.69, 9.17) is 9.84 Å². The molecule has 0 bridgehead atoms. The predicted octanol–water partition coefficient (Wildman–Crippen LogP) is 2.56. The van der Waals surface area contributed by atoms with Crippen molar-refractivity contribution >= 4 is 17.3 Å². The maximum atomic E-state index is 13.4. The van der Waals surface area contributed by atoms with Gasteiger partial charge in [-0.1, -0.05) is 0 Å². The molecule has 0 aliphatic heterocycles. The van der Waals surface area contributed by atoms with Gasteiger partial charge in [-0.3, -0.25) is 4.98 Å². The van der Waals surface area contributed by atoms with Crippen LogP contribution in [0.4, 0.5) is 4.39 Å². The van der Waals surface area contributed by atoms with Gasteiger partial charge in [0.25, 0.3) is 0 Å². The average Bonchev–Trinajstić information content (AvgIpc) is 2.80. The molecular weight excluding hydrogens is 245 g/mol. The number of carboxylic acids is 1. The lowest BCUT2D eigenvalue weighted by Gasteiger charge is -2.06. The lowest BCUT2D eigenvalue weighted by atomic mass is 10.2. The maximum Gasteiger partial charge on any atom is 0.335 e. The molecule has 1 aromatic carbocycles. The fourth-order valence-electron chi connectivity index (χ4n) is 1.21. The molecule has 1 aromatic heterocycles. The van der Waals surface area contributed by atoms with Crippen LogP contribution < -0.4 is 4.74 Å². The Morgan fingerprint density at radius 3 is 2.94 bits per heavy atom. The highest BCUT2D eigenvalue weighted by molar-refractivity contribution is 7.09. The van der Waals surface area contributed by atoms with Crippen LogP contribution in [-0.4, -0.2) is 16.1 Å². The van der Waals surface area contributed by atoms with E-state index in [2.05, 4.69) is 4.98 Å². The summed E-state index contributed by atoms with van der Waals surface area (Å²) in [6.45, 7) is 0.216. The quantitative estimate of drug-likeness (QED) is 0.909. The minimum absolute atomic E-state index is 0.0309. The van der Waals surface area contributed by atoms with Crippen LogP contribution in [0, 0.1) is 5.82 Å². The van der Waals surface area contributed by atoms with Gasteiger partial charge in [-0.15, -0.1) is 11.3 Å². The number of thiazole rings is 1. The summed E-state index contributed by atoms with van der Waals surface area (Å²) < 4.78 is 18.7. The molecule has 0 amide bonds. The Hall–Kier alpha value is -1.95. The second-order valence-electron chi connectivity index (χ2n) is 3.21. The van der Waals surface area contributed by atoms with Gasteiger partial charge in [-0.25, -0.2) is 9.18 Å². The number of aromatic carboxylic acids is 1. The number of carbonyl (C=O) groups is 1. The summed E-state index contributed by atoms with van der Waals surface area (Å²) in [6.07, 6.45) is 1.63. The van der Waals surface area contributed by atoms with E-state index in [0.29, 0.717) is 0 Å². The number of hydrogen-bond acceptors (Lipinski definition) is 4. The van der Waals surface area contributed by atoms with Crippen molar-refractivity contribution in [3.63, 3.8) is 0 Å². The van der Waals surface area contributed by atoms with Gasteiger partial charge in [0, 0.05) is 6.20 Å². The lowest BCUT2D eigenvalue weighted by Crippen LogP contribution is -2.00. The number of carboxylic acid groups (broad SMARTS) is 1. The van der Waals surface area contributed by atoms with E-state index in [1.807, 2.05) is 0 Å². The minimum atomic E-state index is -1.17. The van der Waals surface area contributed by atoms with Gasteiger partial charge in [-0.2, -0.15) is 0 Å². The first-order chi connectivity index (χ1) is 8.16. The van der Waals surface area contributed by atoms with E-state index in [0.717, 1.165) is 10.9 Å². The molecule has 2 rings (SSSR count). The first-order valence-electron chi connectivity index (χ1n) is 4.70. The standard InChI is InChI=1S/C11H8FNO3S/c12-9-3-7(11(14)15)1-2-10(9)16-5-8-4-13-6-17-8/h1-4,6H,5H2,(H,14,15). The first kappa shape index (κ1) is 11.5. The number of hydrogen-bond donors (Lipinski definition) is 1. The van der Waals surface area contributed by atoms with Crippen LogP contribution in [0.25, 0.3) is 0 Å². The largest absolute Gasteiger partial charge is 0.485 e. The molecule has 0 radical (unpaired) electrons. The molecule has 0 fully saturated rings. The van der Waals surface area contributed by atoms with Crippen molar-refractivity contribution in [3.05, 3.63) is 46.2 Å². The summed E-state index contributed by atoms with van der Waals surface area (Å²) in [5.74, 6) is -1.82. The van der Waals surface area contributed by atoms with Crippen molar-refractivity contribution in [2.24, 2.45) is 0 Å². The molecule has 0 saturated heterocycles. The van der Waals surface area contributed by atoms with Crippen LogP contribution in [0.3, 0.4) is 0 Å². The smallest absolute Gasteiger partial charge is 0.335 e. The topological polar surface area (TPSA) is 59.4 Å². The van der Waals surface area contributed by atoms with E-state index in [1.165, 1.54) is 23.5 Å². The normalized spacial score (nSPS) is 10.2. The van der Waals surface area contributed by atoms with Crippen LogP contribution in [0.15, 0.2) is 29.9 Å². The fourth-order valence-corrected chi connectivity index (χ4v) is 1.72. The Morgan fingerprint density at radius 1 is 1.53 bits per heavy atom. The molecule has 17 heavy (non-hydrogen) atoms. The van der Waals surface area contributed by atoms with Gasteiger partial charge < -0.3 is 9.84 Å². The van der Waals surface area contributed by atoms with Gasteiger partial charge in [0.1, 0.15) is 6.61 Å². The Balaban J connectivity index is 2.09. The molecule has 1 heterocycles. The molecule has 0 unspecified atom stereocenters. The summed E-state index contributed by atoms with van der Waals surface area (Å²) in [4.78, 5) is 15.3. The first-order valence-corrected chi connectivity index (χ1v) is 5.58. The molecule has 2 aromatic rings. The summed E-state index contributed by atoms with van der Waals surface area (Å²) in [6, 6.07) is 3.54. The summed E-state index contributed by atoms with van der Waals surface area (Å²) in [5, 5.41) is 8.67. The number of rotatable bonds is 4. The molecule has 0 atom stereocenters. The predicted molar refractivity (Wildman–Crippen MR) is 59.8 cm³/mol. The Morgan fingerprint density at radius 2 is 2.35 bits per heavy atom. The second-order valence-corrected chi connectivity index (χ2v) is 4.18. The maximum absolute atomic E-state index is 13.4. The molecule has 0 saturated carbocycles. The highest BCUT2D eigenvalue weighted by Crippen LogP contribution is 2.20. The van der Waals surface area contributed by atoms with Crippen molar-refractivity contribution in [2.75, 3.05) is 0 Å². The molecule has 0 aliphatic carbocycles. The van der Waals surface area contributed by atoms with Crippen LogP contribution in [0.5, 0.6) is 5.75 Å². The van der Waals surface area contributed by atoms with Crippen LogP contribution in [0.1, 0.15) is 15.2 Å². The van der Waals surface area contributed by atoms with Crippen molar-refractivity contribution in [2.45, 2.75) is 6.61 Å². The monoisotopic (exact) mass is 253 g/mol. The molecule has 1 N–H and O–H groups in total. The van der Waals surface area contributed by atoms with Crippen LogP contribution in [-0.2, 0) is 6.61 Å². The molecule has 0 aliphatic rings. The Kier molecular flexibility index (Phi) is 3.34. The minimum Gasteiger partial charge on any atom is -0.485 e. The molecule has 6 heteroatoms. The third kappa shape index (κ3) is 2.79. The van der Waals surface area contributed by atoms with Gasteiger partial charge in [0.05, 0.1) is 16.0 Å². The van der Waals surface area contributed by atoms with E-state index < -0.39 is 11.8 Å². The number of halogens is 1. The zero-order valence-corrected chi connectivity index (χ0v) is 9.41. The Labute approximate surface area is 100 Å². The van der Waals surface area contributed by atoms with Crippen molar-refractivity contribution in [1.29, 1.82) is 0 Å². The van der Waals surface area contributed by atoms with Crippen molar-refractivity contribution < 1.29 is 19.0 Å². The number of nitrogens with zero attached hydrogens (tertiary/aromatic N) is 1. The van der Waals surface area contributed by atoms with Gasteiger partial charge in [0.2, 0.25) is 0 Å². The van der Waals surface area contributed by atoms with Gasteiger partial charge in [-0.05, 0) is 18.2 Å². The molecule has 88 valence electrons. The third-order valence-electron chi connectivity index (χ3n) is 2.03. The van der Waals surface area contributed by atoms with Crippen LogP contribution in [0.2, 0.25) is 0 Å². The van der Waals surface area contributed by atoms with Gasteiger partial charge in [0.15, 0.2) is 11.6 Å². The van der Waals surface area contributed by atoms with Gasteiger partial charge >= 0.3 is 5.97 Å². The molecule has 0 spiro atoms. The van der Waals surface area contributed by atoms with Crippen molar-refractivity contribution in [1.82, 2.24) is 4.98 Å². The molecular formula is C11H8FNO3S. The Bertz CT molecular complexity index is 528. The second kappa shape index (κ2) is 4.92. The lowest BCUT2D eigenvalue weighted by molar-refractivity contribution is 0.0696. The van der Waals surface area contributed by atoms with E-state index in [1.54, 1.807) is 11.7 Å². The highest BCUT2D eigenvalue weighted by Gasteiger charge is 2.09. The average molecular weight is 253 g/mol. The summed E-state index contributed by atoms with van der Waals surface area (Å²) in [7, 11) is 0. The zero-order chi connectivity index (χ0) is 12.3.